The highest BCUT2D eigenvalue weighted by atomic mass is 35.5. The van der Waals surface area contributed by atoms with Crippen molar-refractivity contribution in [3.63, 3.8) is 0 Å². The lowest BCUT2D eigenvalue weighted by Crippen LogP contribution is -2.37. The molecule has 0 aliphatic rings. The summed E-state index contributed by atoms with van der Waals surface area (Å²) >= 11 is 19.0. The summed E-state index contributed by atoms with van der Waals surface area (Å²) in [5.74, 6) is 1.95. The molecule has 0 radical (unpaired) electrons. The number of aryl methyl sites for hydroxylation is 1. The zero-order chi connectivity index (χ0) is 24.8. The Bertz CT molecular complexity index is 1390. The van der Waals surface area contributed by atoms with Crippen LogP contribution in [0.3, 0.4) is 0 Å². The molecule has 0 bridgehead atoms. The smallest absolute Gasteiger partial charge is 0.250 e. The van der Waals surface area contributed by atoms with Crippen LogP contribution < -0.4 is 10.7 Å². The second kappa shape index (κ2) is 11.5. The first-order chi connectivity index (χ1) is 16.9. The maximum Gasteiger partial charge on any atom is 0.250 e. The molecule has 11 heteroatoms. The Labute approximate surface area is 221 Å². The summed E-state index contributed by atoms with van der Waals surface area (Å²) in [6, 6.07) is 18.7. The number of nitrogens with one attached hydrogen (secondary N) is 2. The Balaban J connectivity index is 1.33. The molecule has 0 aliphatic heterocycles. The second-order valence-corrected chi connectivity index (χ2v) is 9.42. The lowest BCUT2D eigenvalue weighted by molar-refractivity contribution is -0.115. The minimum atomic E-state index is -0.422. The van der Waals surface area contributed by atoms with Gasteiger partial charge in [0, 0.05) is 22.4 Å². The highest BCUT2D eigenvalue weighted by Crippen LogP contribution is 2.31. The number of benzene rings is 2. The van der Waals surface area contributed by atoms with Gasteiger partial charge < -0.3 is 4.42 Å². The van der Waals surface area contributed by atoms with Crippen LogP contribution in [-0.4, -0.2) is 25.9 Å². The minimum Gasteiger partial charge on any atom is -0.457 e. The van der Waals surface area contributed by atoms with Gasteiger partial charge in [0.05, 0.1) is 5.02 Å². The van der Waals surface area contributed by atoms with Crippen LogP contribution in [0.25, 0.3) is 17.4 Å². The molecule has 178 valence electrons. The van der Waals surface area contributed by atoms with E-state index >= 15 is 0 Å². The number of hydrogen-bond donors (Lipinski definition) is 2. The molecule has 1 amide bonds. The van der Waals surface area contributed by atoms with Crippen molar-refractivity contribution in [1.82, 2.24) is 20.2 Å². The molecule has 2 aromatic heterocycles. The Morgan fingerprint density at radius 3 is 2.71 bits per heavy atom. The first-order valence-electron chi connectivity index (χ1n) is 10.3. The van der Waals surface area contributed by atoms with Crippen LogP contribution in [-0.2, 0) is 10.5 Å². The lowest BCUT2D eigenvalue weighted by Gasteiger charge is -2.12. The minimum absolute atomic E-state index is 0.109. The van der Waals surface area contributed by atoms with Crippen molar-refractivity contribution in [3.05, 3.63) is 93.9 Å². The molecule has 0 saturated carbocycles. The molecule has 4 rings (SSSR count). The molecule has 35 heavy (non-hydrogen) atoms. The SMILES string of the molecule is Cc1nnc(SCc2ccccc2)n1NC(=S)NC(=O)/C=C/c1ccc(-c2ccc(Cl)cc2Cl)o1. The summed E-state index contributed by atoms with van der Waals surface area (Å²) in [5.41, 5.74) is 4.81. The van der Waals surface area contributed by atoms with Crippen LogP contribution in [0.1, 0.15) is 17.1 Å². The maximum atomic E-state index is 12.4. The molecule has 0 spiro atoms. The number of halogens is 2. The topological polar surface area (TPSA) is 85.0 Å². The van der Waals surface area contributed by atoms with Gasteiger partial charge in [-0.15, -0.1) is 10.2 Å². The zero-order valence-corrected chi connectivity index (χ0v) is 21.5. The fourth-order valence-corrected chi connectivity index (χ4v) is 4.59. The number of amides is 1. The third-order valence-electron chi connectivity index (χ3n) is 4.68. The van der Waals surface area contributed by atoms with Gasteiger partial charge in [0.15, 0.2) is 5.11 Å². The van der Waals surface area contributed by atoms with E-state index < -0.39 is 5.91 Å². The first-order valence-corrected chi connectivity index (χ1v) is 12.5. The van der Waals surface area contributed by atoms with Gasteiger partial charge >= 0.3 is 0 Å². The fourth-order valence-electron chi connectivity index (χ4n) is 3.00. The molecule has 7 nitrogen and oxygen atoms in total. The average molecular weight is 544 g/mol. The monoisotopic (exact) mass is 543 g/mol. The van der Waals surface area contributed by atoms with Crippen molar-refractivity contribution in [1.29, 1.82) is 0 Å². The third kappa shape index (κ3) is 6.73. The molecule has 0 atom stereocenters. The second-order valence-electron chi connectivity index (χ2n) is 7.23. The Kier molecular flexibility index (Phi) is 8.25. The standard InChI is InChI=1S/C24H19Cl2N5O2S2/c1-15-28-29-24(35-14-16-5-3-2-4-6-16)31(15)30-23(34)27-22(32)12-9-18-8-11-21(33-18)19-10-7-17(25)13-20(19)26/h2-13H,14H2,1H3,(H2,27,30,32,34)/b12-9+. The molecular formula is C24H19Cl2N5O2S2. The van der Waals surface area contributed by atoms with Crippen molar-refractivity contribution in [2.24, 2.45) is 0 Å². The van der Waals surface area contributed by atoms with Gasteiger partial charge in [0.25, 0.3) is 0 Å². The van der Waals surface area contributed by atoms with Crippen molar-refractivity contribution in [3.8, 4) is 11.3 Å². The molecule has 2 aromatic carbocycles. The quantitative estimate of drug-likeness (QED) is 0.165. The molecule has 0 aliphatic carbocycles. The Hall–Kier alpha value is -3.11. The highest BCUT2D eigenvalue weighted by molar-refractivity contribution is 7.98. The number of nitrogens with zero attached hydrogens (tertiary/aromatic N) is 3. The van der Waals surface area contributed by atoms with E-state index in [1.54, 1.807) is 41.9 Å². The van der Waals surface area contributed by atoms with E-state index in [0.717, 1.165) is 11.3 Å². The predicted octanol–water partition coefficient (Wildman–Crippen LogP) is 6.10. The zero-order valence-electron chi connectivity index (χ0n) is 18.4. The molecule has 0 fully saturated rings. The van der Waals surface area contributed by atoms with Gasteiger partial charge in [-0.25, -0.2) is 4.68 Å². The molecule has 4 aromatic rings. The van der Waals surface area contributed by atoms with Gasteiger partial charge in [-0.1, -0.05) is 65.3 Å². The van der Waals surface area contributed by atoms with E-state index in [4.69, 9.17) is 39.8 Å². The van der Waals surface area contributed by atoms with Gasteiger partial charge in [-0.3, -0.25) is 15.5 Å². The van der Waals surface area contributed by atoms with Crippen LogP contribution in [0.15, 0.2) is 76.3 Å². The summed E-state index contributed by atoms with van der Waals surface area (Å²) in [4.78, 5) is 12.4. The lowest BCUT2D eigenvalue weighted by atomic mass is 10.2. The number of carbonyl (C=O) groups is 1. The van der Waals surface area contributed by atoms with Crippen molar-refractivity contribution < 1.29 is 9.21 Å². The van der Waals surface area contributed by atoms with Crippen molar-refractivity contribution >= 4 is 64.3 Å². The van der Waals surface area contributed by atoms with E-state index in [1.165, 1.54) is 23.9 Å². The summed E-state index contributed by atoms with van der Waals surface area (Å²) in [5, 5.41) is 12.6. The van der Waals surface area contributed by atoms with Gasteiger partial charge in [0.2, 0.25) is 11.1 Å². The van der Waals surface area contributed by atoms with Gasteiger partial charge in [0.1, 0.15) is 17.3 Å². The van der Waals surface area contributed by atoms with E-state index in [-0.39, 0.29) is 5.11 Å². The summed E-state index contributed by atoms with van der Waals surface area (Å²) < 4.78 is 7.39. The van der Waals surface area contributed by atoms with Crippen LogP contribution in [0.5, 0.6) is 0 Å². The van der Waals surface area contributed by atoms with Crippen molar-refractivity contribution in [2.75, 3.05) is 5.43 Å². The summed E-state index contributed by atoms with van der Waals surface area (Å²) in [6.45, 7) is 1.79. The van der Waals surface area contributed by atoms with E-state index in [1.807, 2.05) is 30.3 Å². The highest BCUT2D eigenvalue weighted by Gasteiger charge is 2.12. The molecule has 2 heterocycles. The average Bonchev–Trinajstić information content (AvgIpc) is 3.44. The van der Waals surface area contributed by atoms with Crippen LogP contribution in [0, 0.1) is 6.92 Å². The number of furan rings is 1. The normalized spacial score (nSPS) is 11.1. The summed E-state index contributed by atoms with van der Waals surface area (Å²) in [7, 11) is 0. The summed E-state index contributed by atoms with van der Waals surface area (Å²) in [6.07, 6.45) is 2.86. The number of hydrogen-bond acceptors (Lipinski definition) is 6. The van der Waals surface area contributed by atoms with Crippen LogP contribution in [0.2, 0.25) is 10.0 Å². The number of thioether (sulfide) groups is 1. The Morgan fingerprint density at radius 2 is 1.94 bits per heavy atom. The van der Waals surface area contributed by atoms with Crippen LogP contribution >= 0.6 is 47.2 Å². The van der Waals surface area contributed by atoms with Gasteiger partial charge in [-0.2, -0.15) is 0 Å². The van der Waals surface area contributed by atoms with Gasteiger partial charge in [-0.05, 0) is 61.1 Å². The fraction of sp³-hybridized carbons (Fsp3) is 0.0833. The Morgan fingerprint density at radius 1 is 1.14 bits per heavy atom. The predicted molar refractivity (Wildman–Crippen MR) is 144 cm³/mol. The molecule has 0 unspecified atom stereocenters. The number of aromatic nitrogens is 3. The van der Waals surface area contributed by atoms with Crippen LogP contribution in [0.4, 0.5) is 0 Å². The van der Waals surface area contributed by atoms with Crippen molar-refractivity contribution in [2.45, 2.75) is 17.8 Å². The third-order valence-corrected chi connectivity index (χ3v) is 6.42. The maximum absolute atomic E-state index is 12.4. The largest absolute Gasteiger partial charge is 0.457 e. The first kappa shape index (κ1) is 25.0. The van der Waals surface area contributed by atoms with E-state index in [2.05, 4.69) is 20.9 Å². The molecule has 2 N–H and O–H groups in total. The number of thiocarbonyl (C=S) groups is 1. The number of rotatable bonds is 7. The number of carbonyl (C=O) groups excluding carboxylic acids is 1. The molecule has 0 saturated heterocycles. The van der Waals surface area contributed by atoms with E-state index in [0.29, 0.717) is 38.1 Å². The van der Waals surface area contributed by atoms with E-state index in [9.17, 15) is 4.79 Å². The molecular weight excluding hydrogens is 525 g/mol.